The predicted molar refractivity (Wildman–Crippen MR) is 92.2 cm³/mol. The summed E-state index contributed by atoms with van der Waals surface area (Å²) in [7, 11) is 1.99. The Bertz CT molecular complexity index is 638. The van der Waals surface area contributed by atoms with Gasteiger partial charge in [-0.05, 0) is 44.9 Å². The van der Waals surface area contributed by atoms with E-state index in [9.17, 15) is 4.79 Å². The highest BCUT2D eigenvalue weighted by Gasteiger charge is 2.24. The molecule has 0 aliphatic carbocycles. The molecular weight excluding hydrogens is 288 g/mol. The minimum Gasteiger partial charge on any atom is -0.459 e. The molecule has 0 bridgehead atoms. The lowest BCUT2D eigenvalue weighted by Crippen LogP contribution is -2.43. The van der Waals surface area contributed by atoms with Gasteiger partial charge in [-0.15, -0.1) is 0 Å². The van der Waals surface area contributed by atoms with Crippen molar-refractivity contribution >= 4 is 16.9 Å². The number of nitrogens with zero attached hydrogens (tertiary/aromatic N) is 2. The third-order valence-corrected chi connectivity index (χ3v) is 5.04. The fourth-order valence-electron chi connectivity index (χ4n) is 3.13. The summed E-state index contributed by atoms with van der Waals surface area (Å²) in [5.74, 6) is 1.88. The van der Waals surface area contributed by atoms with Gasteiger partial charge >= 0.3 is 0 Å². The molecule has 23 heavy (non-hydrogen) atoms. The largest absolute Gasteiger partial charge is 0.459 e. The van der Waals surface area contributed by atoms with Gasteiger partial charge in [0.15, 0.2) is 0 Å². The minimum absolute atomic E-state index is 0.0788. The molecule has 0 N–H and O–H groups in total. The van der Waals surface area contributed by atoms with Crippen molar-refractivity contribution in [3.8, 4) is 0 Å². The molecule has 1 fully saturated rings. The van der Waals surface area contributed by atoms with E-state index in [0.29, 0.717) is 6.54 Å². The molecule has 0 saturated carbocycles. The van der Waals surface area contributed by atoms with Crippen LogP contribution < -0.4 is 0 Å². The van der Waals surface area contributed by atoms with Crippen LogP contribution in [-0.2, 0) is 4.79 Å². The van der Waals surface area contributed by atoms with Gasteiger partial charge in [0.25, 0.3) is 0 Å². The number of likely N-dealkylation sites (tertiary alicyclic amines) is 1. The lowest BCUT2D eigenvalue weighted by molar-refractivity contribution is -0.133. The topological polar surface area (TPSA) is 36.7 Å². The Morgan fingerprint density at radius 2 is 2.04 bits per heavy atom. The molecule has 1 aromatic carbocycles. The van der Waals surface area contributed by atoms with Crippen molar-refractivity contribution in [2.75, 3.05) is 26.7 Å². The van der Waals surface area contributed by atoms with Gasteiger partial charge in [-0.1, -0.05) is 25.1 Å². The molecule has 1 amide bonds. The molecule has 2 aromatic rings. The molecule has 3 rings (SSSR count). The van der Waals surface area contributed by atoms with Crippen LogP contribution in [0.1, 0.15) is 38.5 Å². The molecule has 124 valence electrons. The zero-order valence-electron chi connectivity index (χ0n) is 14.3. The molecule has 0 spiro atoms. The van der Waals surface area contributed by atoms with Crippen LogP contribution >= 0.6 is 0 Å². The fraction of sp³-hybridized carbons (Fsp3) is 0.526. The molecular formula is C19H26N2O2. The summed E-state index contributed by atoms with van der Waals surface area (Å²) in [6.45, 7) is 6.58. The first-order chi connectivity index (χ1) is 11.0. The van der Waals surface area contributed by atoms with Crippen molar-refractivity contribution in [1.29, 1.82) is 0 Å². The highest BCUT2D eigenvalue weighted by molar-refractivity contribution is 5.79. The van der Waals surface area contributed by atoms with Gasteiger partial charge < -0.3 is 9.32 Å². The van der Waals surface area contributed by atoms with E-state index in [1.807, 2.05) is 30.1 Å². The van der Waals surface area contributed by atoms with E-state index in [0.717, 1.165) is 48.6 Å². The second kappa shape index (κ2) is 6.75. The maximum Gasteiger partial charge on any atom is 0.236 e. The van der Waals surface area contributed by atoms with E-state index in [1.165, 1.54) is 0 Å². The number of piperidine rings is 1. The fourth-order valence-corrected chi connectivity index (χ4v) is 3.13. The van der Waals surface area contributed by atoms with Crippen molar-refractivity contribution in [1.82, 2.24) is 9.80 Å². The third kappa shape index (κ3) is 3.58. The summed E-state index contributed by atoms with van der Waals surface area (Å²) in [5, 5.41) is 1.11. The Labute approximate surface area is 138 Å². The molecule has 1 aliphatic heterocycles. The summed E-state index contributed by atoms with van der Waals surface area (Å²) in [5.41, 5.74) is 0.902. The van der Waals surface area contributed by atoms with Crippen LogP contribution in [0.2, 0.25) is 0 Å². The number of carbonyl (C=O) groups excluding carboxylic acids is 1. The van der Waals surface area contributed by atoms with Gasteiger partial charge in [0.2, 0.25) is 5.91 Å². The van der Waals surface area contributed by atoms with Crippen molar-refractivity contribution in [3.05, 3.63) is 36.1 Å². The normalized spacial score (nSPS) is 17.8. The van der Waals surface area contributed by atoms with Crippen molar-refractivity contribution in [2.45, 2.75) is 32.7 Å². The second-order valence-corrected chi connectivity index (χ2v) is 6.84. The summed E-state index contributed by atoms with van der Waals surface area (Å²) in [6, 6.07) is 10.2. The predicted octanol–water partition coefficient (Wildman–Crippen LogP) is 3.68. The van der Waals surface area contributed by atoms with Gasteiger partial charge in [0.05, 0.1) is 12.6 Å². The Balaban J connectivity index is 1.62. The van der Waals surface area contributed by atoms with E-state index in [4.69, 9.17) is 4.42 Å². The van der Waals surface area contributed by atoms with Crippen molar-refractivity contribution < 1.29 is 9.21 Å². The number of hydrogen-bond donors (Lipinski definition) is 0. The van der Waals surface area contributed by atoms with Gasteiger partial charge in [0, 0.05) is 18.5 Å². The molecule has 1 aromatic heterocycles. The summed E-state index contributed by atoms with van der Waals surface area (Å²) in [4.78, 5) is 16.5. The van der Waals surface area contributed by atoms with Crippen LogP contribution in [0.3, 0.4) is 0 Å². The average Bonchev–Trinajstić information content (AvgIpc) is 2.98. The molecule has 4 heteroatoms. The maximum absolute atomic E-state index is 12.5. The number of furan rings is 1. The van der Waals surface area contributed by atoms with E-state index < -0.39 is 0 Å². The first-order valence-corrected chi connectivity index (χ1v) is 8.51. The molecule has 4 nitrogen and oxygen atoms in total. The van der Waals surface area contributed by atoms with Crippen LogP contribution in [0.15, 0.2) is 34.7 Å². The number of rotatable bonds is 4. The van der Waals surface area contributed by atoms with E-state index in [2.05, 4.69) is 30.9 Å². The highest BCUT2D eigenvalue weighted by Crippen LogP contribution is 2.26. The number of para-hydroxylation sites is 1. The van der Waals surface area contributed by atoms with Gasteiger partial charge in [-0.3, -0.25) is 9.69 Å². The van der Waals surface area contributed by atoms with Crippen LogP contribution in [-0.4, -0.2) is 42.4 Å². The molecule has 1 saturated heterocycles. The Hall–Kier alpha value is -1.81. The van der Waals surface area contributed by atoms with Crippen LogP contribution in [0.25, 0.3) is 11.0 Å². The van der Waals surface area contributed by atoms with Gasteiger partial charge in [-0.25, -0.2) is 0 Å². The summed E-state index contributed by atoms with van der Waals surface area (Å²) in [6.07, 6.45) is 2.24. The zero-order valence-corrected chi connectivity index (χ0v) is 14.3. The molecule has 2 heterocycles. The number of benzene rings is 1. The number of amides is 1. The number of fused-ring (bicyclic) bond motifs is 1. The first kappa shape index (κ1) is 16.1. The van der Waals surface area contributed by atoms with Crippen LogP contribution in [0.5, 0.6) is 0 Å². The number of carbonyl (C=O) groups is 1. The van der Waals surface area contributed by atoms with E-state index in [1.54, 1.807) is 0 Å². The SMILES string of the molecule is CC1CCN(C(=O)CN(C)C(C)c2cc3ccccc3o2)CC1. The first-order valence-electron chi connectivity index (χ1n) is 8.51. The van der Waals surface area contributed by atoms with E-state index in [-0.39, 0.29) is 11.9 Å². The van der Waals surface area contributed by atoms with Crippen LogP contribution in [0.4, 0.5) is 0 Å². The summed E-state index contributed by atoms with van der Waals surface area (Å²) < 4.78 is 5.93. The zero-order chi connectivity index (χ0) is 16.4. The summed E-state index contributed by atoms with van der Waals surface area (Å²) >= 11 is 0. The van der Waals surface area contributed by atoms with Gasteiger partial charge in [-0.2, -0.15) is 0 Å². The minimum atomic E-state index is 0.0788. The maximum atomic E-state index is 12.5. The van der Waals surface area contributed by atoms with E-state index >= 15 is 0 Å². The molecule has 1 aliphatic rings. The molecule has 0 radical (unpaired) electrons. The monoisotopic (exact) mass is 314 g/mol. The van der Waals surface area contributed by atoms with Gasteiger partial charge in [0.1, 0.15) is 11.3 Å². The Morgan fingerprint density at radius 1 is 1.35 bits per heavy atom. The number of hydrogen-bond acceptors (Lipinski definition) is 3. The third-order valence-electron chi connectivity index (χ3n) is 5.04. The second-order valence-electron chi connectivity index (χ2n) is 6.84. The van der Waals surface area contributed by atoms with Crippen LogP contribution in [0, 0.1) is 5.92 Å². The average molecular weight is 314 g/mol. The lowest BCUT2D eigenvalue weighted by Gasteiger charge is -2.32. The Morgan fingerprint density at radius 3 is 2.74 bits per heavy atom. The molecule has 1 unspecified atom stereocenters. The Kier molecular flexibility index (Phi) is 4.71. The quantitative estimate of drug-likeness (QED) is 0.863. The van der Waals surface area contributed by atoms with Crippen molar-refractivity contribution in [2.24, 2.45) is 5.92 Å². The number of likely N-dealkylation sites (N-methyl/N-ethyl adjacent to an activating group) is 1. The smallest absolute Gasteiger partial charge is 0.236 e. The molecule has 1 atom stereocenters. The standard InChI is InChI=1S/C19H26N2O2/c1-14-8-10-21(11-9-14)19(22)13-20(3)15(2)18-12-16-6-4-5-7-17(16)23-18/h4-7,12,14-15H,8-11,13H2,1-3H3. The van der Waals surface area contributed by atoms with Crippen molar-refractivity contribution in [3.63, 3.8) is 0 Å². The highest BCUT2D eigenvalue weighted by atomic mass is 16.3. The lowest BCUT2D eigenvalue weighted by atomic mass is 9.99.